The van der Waals surface area contributed by atoms with Crippen molar-refractivity contribution in [2.24, 2.45) is 0 Å². The van der Waals surface area contributed by atoms with Gasteiger partial charge in [-0.3, -0.25) is 30.3 Å². The Labute approximate surface area is 483 Å². The van der Waals surface area contributed by atoms with Crippen molar-refractivity contribution in [2.75, 3.05) is 154 Å². The van der Waals surface area contributed by atoms with E-state index in [4.69, 9.17) is 78.3 Å². The third-order valence-electron chi connectivity index (χ3n) is 11.0. The van der Waals surface area contributed by atoms with Crippen molar-refractivity contribution in [2.45, 2.75) is 53.9 Å². The molecule has 0 saturated heterocycles. The number of ether oxygens (including phenoxy) is 11. The van der Waals surface area contributed by atoms with Crippen molar-refractivity contribution in [1.82, 2.24) is 0 Å². The van der Waals surface area contributed by atoms with Gasteiger partial charge in [-0.2, -0.15) is 0 Å². The number of hydrogen-bond acceptors (Lipinski definition) is 22. The van der Waals surface area contributed by atoms with Gasteiger partial charge in [-0.1, -0.05) is 42.0 Å². The van der Waals surface area contributed by atoms with Crippen LogP contribution >= 0.6 is 0 Å². The molecule has 0 aliphatic rings. The van der Waals surface area contributed by atoms with Crippen LogP contribution in [-0.2, 0) is 85.8 Å². The Morgan fingerprint density at radius 1 is 0.349 bits per heavy atom. The highest BCUT2D eigenvalue weighted by Gasteiger charge is 2.14. The highest BCUT2D eigenvalue weighted by atomic mass is 16.6. The minimum absolute atomic E-state index is 0.0292. The molecule has 83 heavy (non-hydrogen) atoms. The largest absolute Gasteiger partial charge is 0.463 e. The molecule has 25 nitrogen and oxygen atoms in total. The van der Waals surface area contributed by atoms with Gasteiger partial charge < -0.3 is 78.3 Å². The summed E-state index contributed by atoms with van der Waals surface area (Å²) in [4.78, 5) is 71.1. The summed E-state index contributed by atoms with van der Waals surface area (Å²) in [6.07, 6.45) is -1.55. The van der Waals surface area contributed by atoms with Gasteiger partial charge in [0.1, 0.15) is 39.6 Å². The average Bonchev–Trinajstić information content (AvgIpc) is 3.55. The first-order valence-electron chi connectivity index (χ1n) is 26.7. The van der Waals surface area contributed by atoms with Gasteiger partial charge in [0.2, 0.25) is 0 Å². The zero-order valence-corrected chi connectivity index (χ0v) is 48.0. The van der Waals surface area contributed by atoms with Gasteiger partial charge in [0, 0.05) is 22.7 Å². The van der Waals surface area contributed by atoms with E-state index in [0.717, 1.165) is 38.9 Å². The second kappa shape index (κ2) is 44.2. The lowest BCUT2D eigenvalue weighted by atomic mass is 10.0. The summed E-state index contributed by atoms with van der Waals surface area (Å²) in [5.74, 6) is -1.16. The molecule has 0 aliphatic heterocycles. The van der Waals surface area contributed by atoms with Crippen LogP contribution in [0.5, 0.6) is 0 Å². The number of aliphatic hydroxyl groups is 4. The van der Waals surface area contributed by atoms with E-state index in [2.05, 4.69) is 16.0 Å². The first kappa shape index (κ1) is 71.6. The van der Waals surface area contributed by atoms with Gasteiger partial charge in [0.25, 0.3) is 0 Å². The lowest BCUT2D eigenvalue weighted by Crippen LogP contribution is -2.18. The lowest BCUT2D eigenvalue weighted by molar-refractivity contribution is -0.146. The Morgan fingerprint density at radius 2 is 0.627 bits per heavy atom. The van der Waals surface area contributed by atoms with E-state index in [9.17, 15) is 28.8 Å². The van der Waals surface area contributed by atoms with E-state index in [1.54, 1.807) is 48.5 Å². The van der Waals surface area contributed by atoms with Gasteiger partial charge in [-0.05, 0) is 110 Å². The molecule has 3 amide bonds. The average molecular weight is 1170 g/mol. The summed E-state index contributed by atoms with van der Waals surface area (Å²) in [7, 11) is 0. The van der Waals surface area contributed by atoms with Crippen LogP contribution < -0.4 is 21.7 Å². The third kappa shape index (κ3) is 34.6. The van der Waals surface area contributed by atoms with Crippen LogP contribution in [0, 0.1) is 34.6 Å². The predicted molar refractivity (Wildman–Crippen MR) is 305 cm³/mol. The molecule has 0 fully saturated rings. The van der Waals surface area contributed by atoms with Gasteiger partial charge in [-0.25, -0.2) is 14.4 Å². The normalized spacial score (nSPS) is 10.5. The summed E-state index contributed by atoms with van der Waals surface area (Å²) in [6.45, 7) is 11.8. The molecule has 4 rings (SSSR count). The van der Waals surface area contributed by atoms with Crippen LogP contribution in [0.4, 0.5) is 37.1 Å². The monoisotopic (exact) mass is 1170 g/mol. The quantitative estimate of drug-likeness (QED) is 0.0132. The maximum absolute atomic E-state index is 12.2. The number of carbonyl (C=O) groups is 6. The Hall–Kier alpha value is -7.46. The minimum Gasteiger partial charge on any atom is -0.463 e. The van der Waals surface area contributed by atoms with E-state index in [0.29, 0.717) is 28.3 Å². The molecule has 0 saturated carbocycles. The fourth-order valence-corrected chi connectivity index (χ4v) is 6.66. The Kier molecular flexibility index (Phi) is 38.1. The zero-order chi connectivity index (χ0) is 61.0. The second-order valence-corrected chi connectivity index (χ2v) is 17.7. The maximum atomic E-state index is 12.2. The first-order valence-corrected chi connectivity index (χ1v) is 26.7. The number of nitrogens with one attached hydrogen (secondary N) is 3. The topological polar surface area (TPSA) is 347 Å². The number of aliphatic hydroxyl groups excluding tert-OH is 4. The fraction of sp³-hybridized carbons (Fsp3) is 0.483. The van der Waals surface area contributed by atoms with Crippen molar-refractivity contribution in [3.8, 4) is 0 Å². The molecule has 9 N–H and O–H groups in total. The Balaban J connectivity index is 0.000000455. The van der Waals surface area contributed by atoms with Crippen LogP contribution in [0.2, 0.25) is 0 Å². The van der Waals surface area contributed by atoms with E-state index < -0.39 is 30.2 Å². The fourth-order valence-electron chi connectivity index (χ4n) is 6.66. The summed E-state index contributed by atoms with van der Waals surface area (Å²) in [5, 5.41) is 42.0. The number of esters is 3. The molecular formula is C58H82N4O21. The van der Waals surface area contributed by atoms with Crippen LogP contribution in [0.3, 0.4) is 0 Å². The van der Waals surface area contributed by atoms with Gasteiger partial charge in [0.05, 0.1) is 112 Å². The smallest absolute Gasteiger partial charge is 0.411 e. The molecule has 0 aliphatic carbocycles. The number of amides is 3. The maximum Gasteiger partial charge on any atom is 0.411 e. The molecule has 0 unspecified atom stereocenters. The third-order valence-corrected chi connectivity index (χ3v) is 11.0. The number of nitrogens with two attached hydrogens (primary N) is 1. The molecule has 25 heteroatoms. The summed E-state index contributed by atoms with van der Waals surface area (Å²) >= 11 is 0. The summed E-state index contributed by atoms with van der Waals surface area (Å²) in [5.41, 5.74) is 15.1. The second-order valence-electron chi connectivity index (χ2n) is 17.7. The SMILES string of the molecule is Cc1ccc(C)c(CC(=O)OCCOCCOC(=O)Cc2cc(NC(=O)OCCOCCO)ccc2C)c1.Cc1ccc(NC(=O)OCCOCCO)cc1CC(=O)OCCOCCO.Cc1ccc(NC(=O)OCCOCCO)cc1N. The van der Waals surface area contributed by atoms with Crippen molar-refractivity contribution in [1.29, 1.82) is 0 Å². The number of rotatable bonds is 35. The number of benzene rings is 4. The highest BCUT2D eigenvalue weighted by molar-refractivity contribution is 5.87. The Bertz CT molecular complexity index is 2550. The first-order chi connectivity index (χ1) is 40.0. The van der Waals surface area contributed by atoms with Gasteiger partial charge in [0.15, 0.2) is 0 Å². The van der Waals surface area contributed by atoms with E-state index in [1.165, 1.54) is 0 Å². The van der Waals surface area contributed by atoms with Crippen molar-refractivity contribution in [3.05, 3.63) is 117 Å². The summed E-state index contributed by atoms with van der Waals surface area (Å²) < 4.78 is 55.7. The number of nitrogen functional groups attached to an aromatic ring is 1. The number of hydrogen-bond donors (Lipinski definition) is 8. The number of aryl methyl sites for hydroxylation is 5. The molecule has 460 valence electrons. The highest BCUT2D eigenvalue weighted by Crippen LogP contribution is 2.20. The van der Waals surface area contributed by atoms with Gasteiger partial charge >= 0.3 is 36.2 Å². The van der Waals surface area contributed by atoms with Gasteiger partial charge in [-0.15, -0.1) is 0 Å². The standard InChI is InChI=1S/C28H37NO9.C18H27NO8.C12H18N2O4/c1-20-4-5-21(2)23(16-20)18-26(31)36-13-10-35-11-14-37-27(32)19-24-17-25(7-6-22(24)3)29-28(33)38-15-12-34-9-8-30;1-14-2-3-16(19-18(23)27-11-9-25-7-5-21)12-15(14)13-17(22)26-10-8-24-6-4-20;1-9-2-3-10(8-11(9)13)14-12(16)18-7-6-17-5-4-15/h4-7,16-17,30H,8-15,18-19H2,1-3H3,(H,29,33);2-3,12,20-21H,4-11,13H2,1H3,(H,19,23);2-3,8,15H,4-7,13H2,1H3,(H,14,16). The minimum atomic E-state index is -0.650. The molecule has 0 spiro atoms. The van der Waals surface area contributed by atoms with E-state index >= 15 is 0 Å². The predicted octanol–water partition coefficient (Wildman–Crippen LogP) is 4.84. The molecule has 4 aromatic carbocycles. The molecule has 0 atom stereocenters. The summed E-state index contributed by atoms with van der Waals surface area (Å²) in [6, 6.07) is 21.5. The van der Waals surface area contributed by atoms with Crippen LogP contribution in [0.25, 0.3) is 0 Å². The zero-order valence-electron chi connectivity index (χ0n) is 48.0. The van der Waals surface area contributed by atoms with Crippen LogP contribution in [-0.4, -0.2) is 189 Å². The number of anilines is 4. The lowest BCUT2D eigenvalue weighted by Gasteiger charge is -2.11. The number of carbonyl (C=O) groups excluding carboxylic acids is 6. The molecule has 0 radical (unpaired) electrons. The van der Waals surface area contributed by atoms with Crippen molar-refractivity contribution in [3.63, 3.8) is 0 Å². The van der Waals surface area contributed by atoms with Crippen molar-refractivity contribution < 1.29 is 101 Å². The van der Waals surface area contributed by atoms with Crippen molar-refractivity contribution >= 4 is 58.9 Å². The van der Waals surface area contributed by atoms with E-state index in [-0.39, 0.29) is 157 Å². The molecular weight excluding hydrogens is 1090 g/mol. The molecule has 0 bridgehead atoms. The van der Waals surface area contributed by atoms with E-state index in [1.807, 2.05) is 58.9 Å². The van der Waals surface area contributed by atoms with Crippen LogP contribution in [0.15, 0.2) is 72.8 Å². The van der Waals surface area contributed by atoms with Crippen LogP contribution in [0.1, 0.15) is 44.5 Å². The molecule has 0 aromatic heterocycles. The Morgan fingerprint density at radius 3 is 0.952 bits per heavy atom. The molecule has 4 aromatic rings. The molecule has 0 heterocycles.